The fraction of sp³-hybridized carbons (Fsp3) is 0.577. The molecule has 2 aromatic rings. The van der Waals surface area contributed by atoms with Crippen LogP contribution in [0.5, 0.6) is 0 Å². The Morgan fingerprint density at radius 3 is 2.82 bits per heavy atom. The Hall–Kier alpha value is -2.67. The average molecular weight is 449 g/mol. The largest absolute Gasteiger partial charge is 0.373 e. The van der Waals surface area contributed by atoms with Gasteiger partial charge in [0.1, 0.15) is 11.6 Å². The van der Waals surface area contributed by atoms with E-state index in [-0.39, 0.29) is 11.8 Å². The Labute approximate surface area is 197 Å². The number of amides is 1. The van der Waals surface area contributed by atoms with Crippen LogP contribution in [0, 0.1) is 0 Å². The number of aromatic nitrogens is 2. The van der Waals surface area contributed by atoms with E-state index in [0.29, 0.717) is 0 Å². The number of carbonyl (C=O) groups excluding carboxylic acids is 1. The number of anilines is 2. The lowest BCUT2D eigenvalue weighted by molar-refractivity contribution is -0.127. The normalized spacial score (nSPS) is 20.5. The first-order chi connectivity index (χ1) is 16.1. The number of nitrogens with zero attached hydrogens (tertiary/aromatic N) is 5. The third kappa shape index (κ3) is 4.43. The van der Waals surface area contributed by atoms with Crippen LogP contribution in [-0.2, 0) is 30.7 Å². The highest BCUT2D eigenvalue weighted by Crippen LogP contribution is 2.32. The summed E-state index contributed by atoms with van der Waals surface area (Å²) in [5.41, 5.74) is 6.71. The second kappa shape index (κ2) is 9.29. The summed E-state index contributed by atoms with van der Waals surface area (Å²) in [4.78, 5) is 28.6. The van der Waals surface area contributed by atoms with Gasteiger partial charge in [-0.05, 0) is 43.4 Å². The van der Waals surface area contributed by atoms with E-state index in [9.17, 15) is 4.79 Å². The maximum absolute atomic E-state index is 11.7. The molecule has 1 fully saturated rings. The summed E-state index contributed by atoms with van der Waals surface area (Å²) in [6.45, 7) is 10.5. The molecule has 0 saturated carbocycles. The zero-order valence-corrected chi connectivity index (χ0v) is 20.2. The molecule has 0 spiro atoms. The van der Waals surface area contributed by atoms with Crippen molar-refractivity contribution in [1.82, 2.24) is 19.8 Å². The van der Waals surface area contributed by atoms with Gasteiger partial charge in [-0.25, -0.2) is 9.97 Å². The summed E-state index contributed by atoms with van der Waals surface area (Å²) in [7, 11) is 1.95. The van der Waals surface area contributed by atoms with E-state index in [2.05, 4.69) is 40.2 Å². The molecule has 1 saturated heterocycles. The standard InChI is InChI=1S/C26H36N6O/c1-4-31-11-5-6-20-14-19(7-8-24(20)31)15-30-12-10-23-22(17-30)26(27-3)29-25(28-23)21-9-13-32(16-21)18(2)33/h7-8,14,21H,4-6,9-13,15-17H2,1-3H3,(H,27,28,29)/t21-/m0/s1. The third-order valence-electron chi connectivity index (χ3n) is 7.54. The van der Waals surface area contributed by atoms with Crippen LogP contribution in [0.15, 0.2) is 18.2 Å². The van der Waals surface area contributed by atoms with Gasteiger partial charge < -0.3 is 15.1 Å². The molecule has 3 aliphatic rings. The molecular formula is C26H36N6O. The van der Waals surface area contributed by atoms with Crippen molar-refractivity contribution in [3.8, 4) is 0 Å². The van der Waals surface area contributed by atoms with Crippen LogP contribution >= 0.6 is 0 Å². The summed E-state index contributed by atoms with van der Waals surface area (Å²) < 4.78 is 0. The van der Waals surface area contributed by atoms with Crippen LogP contribution < -0.4 is 10.2 Å². The predicted octanol–water partition coefficient (Wildman–Crippen LogP) is 3.18. The molecule has 1 atom stereocenters. The molecule has 5 rings (SSSR count). The highest BCUT2D eigenvalue weighted by atomic mass is 16.2. The lowest BCUT2D eigenvalue weighted by Gasteiger charge is -2.32. The number of aryl methyl sites for hydroxylation is 1. The summed E-state index contributed by atoms with van der Waals surface area (Å²) in [6.07, 6.45) is 4.32. The van der Waals surface area contributed by atoms with Gasteiger partial charge in [-0.2, -0.15) is 0 Å². The fourth-order valence-electron chi connectivity index (χ4n) is 5.68. The van der Waals surface area contributed by atoms with Crippen LogP contribution in [0.1, 0.15) is 60.8 Å². The van der Waals surface area contributed by atoms with Crippen molar-refractivity contribution in [3.05, 3.63) is 46.4 Å². The number of benzene rings is 1. The molecule has 1 amide bonds. The second-order valence-corrected chi connectivity index (χ2v) is 9.66. The van der Waals surface area contributed by atoms with Gasteiger partial charge in [0.2, 0.25) is 5.91 Å². The van der Waals surface area contributed by atoms with Gasteiger partial charge in [0.25, 0.3) is 0 Å². The zero-order chi connectivity index (χ0) is 22.9. The lowest BCUT2D eigenvalue weighted by Crippen LogP contribution is -2.32. The Morgan fingerprint density at radius 1 is 1.18 bits per heavy atom. The number of hydrogen-bond acceptors (Lipinski definition) is 6. The number of fused-ring (bicyclic) bond motifs is 2. The van der Waals surface area contributed by atoms with Crippen LogP contribution in [0.3, 0.4) is 0 Å². The summed E-state index contributed by atoms with van der Waals surface area (Å²) in [5, 5.41) is 3.33. The van der Waals surface area contributed by atoms with Crippen LogP contribution in [0.25, 0.3) is 0 Å². The molecule has 3 aliphatic heterocycles. The summed E-state index contributed by atoms with van der Waals surface area (Å²) in [6, 6.07) is 7.06. The van der Waals surface area contributed by atoms with Crippen LogP contribution in [0.2, 0.25) is 0 Å². The van der Waals surface area contributed by atoms with Crippen molar-refractivity contribution in [2.75, 3.05) is 50.0 Å². The van der Waals surface area contributed by atoms with Crippen molar-refractivity contribution in [3.63, 3.8) is 0 Å². The monoisotopic (exact) mass is 448 g/mol. The number of likely N-dealkylation sites (tertiary alicyclic amines) is 1. The Bertz CT molecular complexity index is 1020. The molecule has 1 N–H and O–H groups in total. The van der Waals surface area contributed by atoms with Crippen molar-refractivity contribution in [2.45, 2.75) is 58.5 Å². The Balaban J connectivity index is 1.31. The lowest BCUT2D eigenvalue weighted by atomic mass is 9.98. The first kappa shape index (κ1) is 22.1. The number of nitrogens with one attached hydrogen (secondary N) is 1. The molecule has 4 heterocycles. The van der Waals surface area contributed by atoms with E-state index in [1.165, 1.54) is 47.5 Å². The minimum absolute atomic E-state index is 0.143. The fourth-order valence-corrected chi connectivity index (χ4v) is 5.68. The second-order valence-electron chi connectivity index (χ2n) is 9.66. The molecule has 7 heteroatoms. The third-order valence-corrected chi connectivity index (χ3v) is 7.54. The van der Waals surface area contributed by atoms with Gasteiger partial charge in [-0.1, -0.05) is 12.1 Å². The topological polar surface area (TPSA) is 64.6 Å². The first-order valence-electron chi connectivity index (χ1n) is 12.5. The average Bonchev–Trinajstić information content (AvgIpc) is 3.34. The van der Waals surface area contributed by atoms with Crippen molar-refractivity contribution in [2.24, 2.45) is 0 Å². The highest BCUT2D eigenvalue weighted by Gasteiger charge is 2.30. The molecule has 0 radical (unpaired) electrons. The van der Waals surface area contributed by atoms with E-state index >= 15 is 0 Å². The molecule has 0 bridgehead atoms. The number of carbonyl (C=O) groups is 1. The summed E-state index contributed by atoms with van der Waals surface area (Å²) >= 11 is 0. The van der Waals surface area contributed by atoms with Gasteiger partial charge in [0.15, 0.2) is 0 Å². The molecule has 1 aromatic heterocycles. The van der Waals surface area contributed by atoms with Gasteiger partial charge in [-0.15, -0.1) is 0 Å². The highest BCUT2D eigenvalue weighted by molar-refractivity contribution is 5.73. The minimum Gasteiger partial charge on any atom is -0.373 e. The van der Waals surface area contributed by atoms with E-state index < -0.39 is 0 Å². The number of rotatable bonds is 5. The smallest absolute Gasteiger partial charge is 0.219 e. The molecular weight excluding hydrogens is 412 g/mol. The molecule has 7 nitrogen and oxygen atoms in total. The van der Waals surface area contributed by atoms with E-state index in [1.807, 2.05) is 11.9 Å². The van der Waals surface area contributed by atoms with Gasteiger partial charge in [0.05, 0.1) is 5.69 Å². The maximum atomic E-state index is 11.7. The first-order valence-corrected chi connectivity index (χ1v) is 12.5. The number of hydrogen-bond donors (Lipinski definition) is 1. The maximum Gasteiger partial charge on any atom is 0.219 e. The van der Waals surface area contributed by atoms with Crippen LogP contribution in [-0.4, -0.2) is 65.4 Å². The molecule has 0 aliphatic carbocycles. The van der Waals surface area contributed by atoms with Crippen LogP contribution in [0.4, 0.5) is 11.5 Å². The van der Waals surface area contributed by atoms with Crippen molar-refractivity contribution >= 4 is 17.4 Å². The van der Waals surface area contributed by atoms with E-state index in [1.54, 1.807) is 6.92 Å². The van der Waals surface area contributed by atoms with Crippen molar-refractivity contribution in [1.29, 1.82) is 0 Å². The Kier molecular flexibility index (Phi) is 6.23. The van der Waals surface area contributed by atoms with Gasteiger partial charge in [0, 0.05) is 83.4 Å². The van der Waals surface area contributed by atoms with Gasteiger partial charge >= 0.3 is 0 Å². The van der Waals surface area contributed by atoms with E-state index in [0.717, 1.165) is 63.8 Å². The quantitative estimate of drug-likeness (QED) is 0.758. The van der Waals surface area contributed by atoms with E-state index in [4.69, 9.17) is 9.97 Å². The minimum atomic E-state index is 0.143. The molecule has 176 valence electrons. The molecule has 33 heavy (non-hydrogen) atoms. The molecule has 0 unspecified atom stereocenters. The van der Waals surface area contributed by atoms with Gasteiger partial charge in [-0.3, -0.25) is 9.69 Å². The molecule has 1 aromatic carbocycles. The summed E-state index contributed by atoms with van der Waals surface area (Å²) in [5.74, 6) is 2.22. The SMILES string of the molecule is CCN1CCCc2cc(CN3CCc4nc([C@H]5CCN(C(C)=O)C5)nc(NC)c4C3)ccc21. The predicted molar refractivity (Wildman–Crippen MR) is 132 cm³/mol. The zero-order valence-electron chi connectivity index (χ0n) is 20.2. The van der Waals surface area contributed by atoms with Crippen molar-refractivity contribution < 1.29 is 4.79 Å². The Morgan fingerprint density at radius 2 is 2.06 bits per heavy atom.